The fourth-order valence-electron chi connectivity index (χ4n) is 0.224. The van der Waals surface area contributed by atoms with Gasteiger partial charge in [-0.3, -0.25) is 4.79 Å². The van der Waals surface area contributed by atoms with Crippen LogP contribution in [-0.2, 0) is 9.53 Å². The first-order valence-electron chi connectivity index (χ1n) is 2.52. The molecule has 0 heterocycles. The molecule has 4 heteroatoms. The summed E-state index contributed by atoms with van der Waals surface area (Å²) in [4.78, 5) is 10.7. The SMILES string of the molecule is CC(C)C(=O)OC(Br)Br. The van der Waals surface area contributed by atoms with Crippen LogP contribution in [0.1, 0.15) is 13.8 Å². The molecule has 0 atom stereocenters. The molecule has 0 aromatic carbocycles. The van der Waals surface area contributed by atoms with Crippen LogP contribution >= 0.6 is 31.9 Å². The molecule has 2 nitrogen and oxygen atoms in total. The van der Waals surface area contributed by atoms with E-state index in [0.717, 1.165) is 0 Å². The number of rotatable bonds is 2. The van der Waals surface area contributed by atoms with Gasteiger partial charge in [-0.15, -0.1) is 0 Å². The van der Waals surface area contributed by atoms with E-state index in [1.54, 1.807) is 13.8 Å². The Kier molecular flexibility index (Phi) is 4.48. The molecule has 0 fully saturated rings. The largest absolute Gasteiger partial charge is 0.439 e. The molecule has 0 aromatic rings. The van der Waals surface area contributed by atoms with Crippen molar-refractivity contribution in [2.24, 2.45) is 5.92 Å². The van der Waals surface area contributed by atoms with Crippen LogP contribution in [0.2, 0.25) is 0 Å². The summed E-state index contributed by atoms with van der Waals surface area (Å²) in [5.41, 5.74) is 0. The highest BCUT2D eigenvalue weighted by molar-refractivity contribution is 9.24. The summed E-state index contributed by atoms with van der Waals surface area (Å²) in [6.45, 7) is 3.56. The number of ether oxygens (including phenoxy) is 1. The maximum Gasteiger partial charge on any atom is 0.310 e. The molecule has 0 aliphatic heterocycles. The molecular formula is C5H8Br2O2. The molecule has 0 saturated carbocycles. The normalized spacial score (nSPS) is 10.4. The lowest BCUT2D eigenvalue weighted by Crippen LogP contribution is -2.13. The molecule has 0 N–H and O–H groups in total. The van der Waals surface area contributed by atoms with Gasteiger partial charge < -0.3 is 4.74 Å². The van der Waals surface area contributed by atoms with E-state index < -0.39 is 0 Å². The molecular weight excluding hydrogens is 252 g/mol. The smallest absolute Gasteiger partial charge is 0.310 e. The average Bonchev–Trinajstić information content (AvgIpc) is 1.63. The molecule has 0 aliphatic carbocycles. The van der Waals surface area contributed by atoms with E-state index in [4.69, 9.17) is 4.74 Å². The summed E-state index contributed by atoms with van der Waals surface area (Å²) in [5, 5.41) is 0. The Hall–Kier alpha value is 0.430. The number of carbonyl (C=O) groups is 1. The first-order chi connectivity index (χ1) is 4.04. The van der Waals surface area contributed by atoms with Crippen LogP contribution in [0.5, 0.6) is 0 Å². The van der Waals surface area contributed by atoms with Gasteiger partial charge in [-0.2, -0.15) is 0 Å². The first kappa shape index (κ1) is 9.43. The van der Waals surface area contributed by atoms with Crippen molar-refractivity contribution in [1.82, 2.24) is 0 Å². The van der Waals surface area contributed by atoms with Crippen molar-refractivity contribution in [3.05, 3.63) is 0 Å². The van der Waals surface area contributed by atoms with Crippen molar-refractivity contribution >= 4 is 37.8 Å². The first-order valence-corrected chi connectivity index (χ1v) is 4.36. The molecule has 0 saturated heterocycles. The Bertz CT molecular complexity index is 101. The van der Waals surface area contributed by atoms with Gasteiger partial charge in [0.2, 0.25) is 3.92 Å². The monoisotopic (exact) mass is 258 g/mol. The molecule has 54 valence electrons. The van der Waals surface area contributed by atoms with E-state index in [9.17, 15) is 4.79 Å². The Morgan fingerprint density at radius 1 is 1.44 bits per heavy atom. The van der Waals surface area contributed by atoms with Crippen molar-refractivity contribution in [2.45, 2.75) is 17.8 Å². The van der Waals surface area contributed by atoms with Crippen LogP contribution in [0, 0.1) is 5.92 Å². The molecule has 0 radical (unpaired) electrons. The summed E-state index contributed by atoms with van der Waals surface area (Å²) >= 11 is 6.03. The predicted octanol–water partition coefficient (Wildman–Crippen LogP) is 2.26. The fourth-order valence-corrected chi connectivity index (χ4v) is 0.592. The Morgan fingerprint density at radius 2 is 1.89 bits per heavy atom. The van der Waals surface area contributed by atoms with Gasteiger partial charge in [-0.05, 0) is 31.9 Å². The third-order valence-corrected chi connectivity index (χ3v) is 1.05. The van der Waals surface area contributed by atoms with Crippen LogP contribution in [0.3, 0.4) is 0 Å². The van der Waals surface area contributed by atoms with Crippen molar-refractivity contribution < 1.29 is 9.53 Å². The second-order valence-corrected chi connectivity index (χ2v) is 4.74. The molecule has 0 aromatic heterocycles. The average molecular weight is 260 g/mol. The third-order valence-electron chi connectivity index (χ3n) is 0.677. The zero-order valence-corrected chi connectivity index (χ0v) is 8.40. The zero-order chi connectivity index (χ0) is 7.44. The molecule has 0 aliphatic rings. The maximum absolute atomic E-state index is 10.7. The van der Waals surface area contributed by atoms with Gasteiger partial charge in [-0.1, -0.05) is 13.8 Å². The summed E-state index contributed by atoms with van der Waals surface area (Å²) < 4.78 is 4.34. The minimum absolute atomic E-state index is 0.0670. The number of hydrogen-bond donors (Lipinski definition) is 0. The van der Waals surface area contributed by atoms with Gasteiger partial charge in [0.15, 0.2) is 0 Å². The van der Waals surface area contributed by atoms with Gasteiger partial charge in [0.05, 0.1) is 5.92 Å². The maximum atomic E-state index is 10.7. The Balaban J connectivity index is 3.51. The van der Waals surface area contributed by atoms with Crippen LogP contribution in [0.4, 0.5) is 0 Å². The molecule has 0 unspecified atom stereocenters. The minimum atomic E-state index is -0.361. The lowest BCUT2D eigenvalue weighted by Gasteiger charge is -2.06. The van der Waals surface area contributed by atoms with Gasteiger partial charge in [0.25, 0.3) is 0 Å². The molecule has 0 amide bonds. The second-order valence-electron chi connectivity index (χ2n) is 1.85. The summed E-state index contributed by atoms with van der Waals surface area (Å²) in [6.07, 6.45) is 0. The Labute approximate surface area is 71.2 Å². The van der Waals surface area contributed by atoms with Gasteiger partial charge >= 0.3 is 5.97 Å². The number of hydrogen-bond acceptors (Lipinski definition) is 2. The van der Waals surface area contributed by atoms with Crippen molar-refractivity contribution in [1.29, 1.82) is 0 Å². The lowest BCUT2D eigenvalue weighted by atomic mass is 10.2. The number of esters is 1. The van der Waals surface area contributed by atoms with Crippen molar-refractivity contribution in [3.63, 3.8) is 0 Å². The molecule has 0 rings (SSSR count). The summed E-state index contributed by atoms with van der Waals surface area (Å²) in [7, 11) is 0. The van der Waals surface area contributed by atoms with Gasteiger partial charge in [0, 0.05) is 0 Å². The van der Waals surface area contributed by atoms with Crippen LogP contribution < -0.4 is 0 Å². The van der Waals surface area contributed by atoms with E-state index in [2.05, 4.69) is 31.9 Å². The summed E-state index contributed by atoms with van der Waals surface area (Å²) in [5.74, 6) is -0.281. The quantitative estimate of drug-likeness (QED) is 0.562. The topological polar surface area (TPSA) is 26.3 Å². The highest BCUT2D eigenvalue weighted by atomic mass is 79.9. The second kappa shape index (κ2) is 4.28. The number of alkyl halides is 2. The Morgan fingerprint density at radius 3 is 2.00 bits per heavy atom. The van der Waals surface area contributed by atoms with Gasteiger partial charge in [-0.25, -0.2) is 0 Å². The minimum Gasteiger partial charge on any atom is -0.439 e. The molecule has 9 heavy (non-hydrogen) atoms. The van der Waals surface area contributed by atoms with Crippen molar-refractivity contribution in [2.75, 3.05) is 0 Å². The fraction of sp³-hybridized carbons (Fsp3) is 0.800. The van der Waals surface area contributed by atoms with Gasteiger partial charge in [0.1, 0.15) is 0 Å². The van der Waals surface area contributed by atoms with E-state index in [-0.39, 0.29) is 15.8 Å². The van der Waals surface area contributed by atoms with Crippen LogP contribution in [0.15, 0.2) is 0 Å². The number of halogens is 2. The van der Waals surface area contributed by atoms with Crippen LogP contribution in [-0.4, -0.2) is 9.89 Å². The lowest BCUT2D eigenvalue weighted by molar-refractivity contribution is -0.145. The van der Waals surface area contributed by atoms with E-state index >= 15 is 0 Å². The standard InChI is InChI=1S/C5H8Br2O2/c1-3(2)4(8)9-5(6)7/h3,5H,1-2H3. The highest BCUT2D eigenvalue weighted by Gasteiger charge is 2.10. The van der Waals surface area contributed by atoms with E-state index in [1.165, 1.54) is 0 Å². The molecule has 0 spiro atoms. The zero-order valence-electron chi connectivity index (χ0n) is 5.23. The molecule has 0 bridgehead atoms. The van der Waals surface area contributed by atoms with E-state index in [0.29, 0.717) is 0 Å². The van der Waals surface area contributed by atoms with E-state index in [1.807, 2.05) is 0 Å². The summed E-state index contributed by atoms with van der Waals surface area (Å²) in [6, 6.07) is 0. The third kappa shape index (κ3) is 4.90. The van der Waals surface area contributed by atoms with Crippen LogP contribution in [0.25, 0.3) is 0 Å². The number of carbonyl (C=O) groups excluding carboxylic acids is 1. The van der Waals surface area contributed by atoms with Crippen molar-refractivity contribution in [3.8, 4) is 0 Å². The highest BCUT2D eigenvalue weighted by Crippen LogP contribution is 2.11. The predicted molar refractivity (Wildman–Crippen MR) is 42.6 cm³/mol.